The molecule has 1 heterocycles. The lowest BCUT2D eigenvalue weighted by Gasteiger charge is -2.13. The Balaban J connectivity index is 1.95. The fourth-order valence-electron chi connectivity index (χ4n) is 2.42. The first kappa shape index (κ1) is 18.2. The molecule has 0 saturated heterocycles. The Labute approximate surface area is 154 Å². The second-order valence-electron chi connectivity index (χ2n) is 5.39. The highest BCUT2D eigenvalue weighted by atomic mass is 32.2. The van der Waals surface area contributed by atoms with Gasteiger partial charge in [-0.15, -0.1) is 0 Å². The minimum atomic E-state index is -0.380. The van der Waals surface area contributed by atoms with Crippen LogP contribution in [-0.4, -0.2) is 41.6 Å². The van der Waals surface area contributed by atoms with Crippen LogP contribution in [0.15, 0.2) is 64.5 Å². The summed E-state index contributed by atoms with van der Waals surface area (Å²) in [5.41, 5.74) is 1.13. The predicted octanol–water partition coefficient (Wildman–Crippen LogP) is 2.67. The van der Waals surface area contributed by atoms with Gasteiger partial charge in [-0.2, -0.15) is 0 Å². The summed E-state index contributed by atoms with van der Waals surface area (Å²) in [7, 11) is 1.54. The Hall–Kier alpha value is -2.64. The Morgan fingerprint density at radius 1 is 1.08 bits per heavy atom. The zero-order chi connectivity index (χ0) is 18.4. The normalized spacial score (nSPS) is 10.8. The maximum atomic E-state index is 13.0. The maximum absolute atomic E-state index is 13.0. The number of benzene rings is 2. The van der Waals surface area contributed by atoms with Gasteiger partial charge in [-0.25, -0.2) is 4.98 Å². The van der Waals surface area contributed by atoms with E-state index >= 15 is 0 Å². The number of rotatable bonds is 7. The predicted molar refractivity (Wildman–Crippen MR) is 101 cm³/mol. The van der Waals surface area contributed by atoms with Crippen LogP contribution in [0.4, 0.5) is 0 Å². The largest absolute Gasteiger partial charge is 0.463 e. The minimum Gasteiger partial charge on any atom is -0.463 e. The Kier molecular flexibility index (Phi) is 6.04. The van der Waals surface area contributed by atoms with E-state index in [-0.39, 0.29) is 23.9 Å². The summed E-state index contributed by atoms with van der Waals surface area (Å²) >= 11 is 1.17. The molecule has 0 fully saturated rings. The van der Waals surface area contributed by atoms with Gasteiger partial charge in [0.05, 0.1) is 29.0 Å². The van der Waals surface area contributed by atoms with E-state index in [1.807, 2.05) is 36.4 Å². The van der Waals surface area contributed by atoms with Gasteiger partial charge >= 0.3 is 5.97 Å². The molecule has 0 unspecified atom stereocenters. The topological polar surface area (TPSA) is 70.4 Å². The highest BCUT2D eigenvalue weighted by molar-refractivity contribution is 7.99. The van der Waals surface area contributed by atoms with Crippen LogP contribution in [0.3, 0.4) is 0 Å². The van der Waals surface area contributed by atoms with Crippen LogP contribution in [0, 0.1) is 0 Å². The molecule has 3 rings (SSSR count). The second kappa shape index (κ2) is 8.64. The van der Waals surface area contributed by atoms with E-state index in [0.29, 0.717) is 28.4 Å². The second-order valence-corrected chi connectivity index (χ2v) is 6.33. The van der Waals surface area contributed by atoms with Crippen LogP contribution in [0.2, 0.25) is 0 Å². The van der Waals surface area contributed by atoms with Crippen LogP contribution in [-0.2, 0) is 14.3 Å². The molecule has 0 aliphatic carbocycles. The third kappa shape index (κ3) is 4.12. The molecule has 0 atom stereocenters. The quantitative estimate of drug-likeness (QED) is 0.276. The van der Waals surface area contributed by atoms with E-state index < -0.39 is 0 Å². The first-order chi connectivity index (χ1) is 12.7. The van der Waals surface area contributed by atoms with E-state index in [1.54, 1.807) is 25.3 Å². The number of aromatic nitrogens is 2. The number of thioether (sulfide) groups is 1. The molecule has 0 spiro atoms. The van der Waals surface area contributed by atoms with Gasteiger partial charge in [0.1, 0.15) is 6.61 Å². The van der Waals surface area contributed by atoms with E-state index in [9.17, 15) is 9.59 Å². The van der Waals surface area contributed by atoms with Crippen molar-refractivity contribution in [1.82, 2.24) is 9.55 Å². The number of carbonyl (C=O) groups excluding carboxylic acids is 1. The number of hydrogen-bond donors (Lipinski definition) is 0. The highest BCUT2D eigenvalue weighted by Crippen LogP contribution is 2.21. The van der Waals surface area contributed by atoms with E-state index in [1.165, 1.54) is 16.3 Å². The van der Waals surface area contributed by atoms with Gasteiger partial charge < -0.3 is 9.47 Å². The van der Waals surface area contributed by atoms with Crippen molar-refractivity contribution in [2.24, 2.45) is 0 Å². The third-order valence-corrected chi connectivity index (χ3v) is 4.54. The molecule has 0 aliphatic heterocycles. The van der Waals surface area contributed by atoms with E-state index in [2.05, 4.69) is 4.98 Å². The number of nitrogens with zero attached hydrogens (tertiary/aromatic N) is 2. The third-order valence-electron chi connectivity index (χ3n) is 3.63. The molecule has 7 heteroatoms. The van der Waals surface area contributed by atoms with Crippen LogP contribution in [0.1, 0.15) is 0 Å². The number of esters is 1. The van der Waals surface area contributed by atoms with Crippen LogP contribution in [0.5, 0.6) is 0 Å². The number of carbonyl (C=O) groups is 1. The monoisotopic (exact) mass is 370 g/mol. The SMILES string of the molecule is COCCOC(=O)CSc1nc2ccccc2c(=O)n1-c1ccccc1. The molecule has 1 aromatic heterocycles. The average Bonchev–Trinajstić information content (AvgIpc) is 2.67. The van der Waals surface area contributed by atoms with Crippen LogP contribution in [0.25, 0.3) is 16.6 Å². The molecular weight excluding hydrogens is 352 g/mol. The number of ether oxygens (including phenoxy) is 2. The zero-order valence-corrected chi connectivity index (χ0v) is 15.1. The molecule has 26 heavy (non-hydrogen) atoms. The lowest BCUT2D eigenvalue weighted by Crippen LogP contribution is -2.22. The summed E-state index contributed by atoms with van der Waals surface area (Å²) in [6, 6.07) is 16.4. The molecule has 3 aromatic rings. The number of fused-ring (bicyclic) bond motifs is 1. The molecule has 0 bridgehead atoms. The van der Waals surface area contributed by atoms with Gasteiger partial charge in [0.25, 0.3) is 5.56 Å². The molecule has 0 N–H and O–H groups in total. The highest BCUT2D eigenvalue weighted by Gasteiger charge is 2.15. The van der Waals surface area contributed by atoms with E-state index in [4.69, 9.17) is 9.47 Å². The van der Waals surface area contributed by atoms with Crippen molar-refractivity contribution in [2.75, 3.05) is 26.1 Å². The van der Waals surface area contributed by atoms with Gasteiger partial charge in [-0.05, 0) is 24.3 Å². The molecule has 0 radical (unpaired) electrons. The minimum absolute atomic E-state index is 0.0569. The van der Waals surface area contributed by atoms with Gasteiger partial charge in [-0.1, -0.05) is 42.1 Å². The van der Waals surface area contributed by atoms with Crippen LogP contribution >= 0.6 is 11.8 Å². The molecule has 134 valence electrons. The summed E-state index contributed by atoms with van der Waals surface area (Å²) in [5.74, 6) is -0.324. The van der Waals surface area contributed by atoms with Crippen molar-refractivity contribution in [2.45, 2.75) is 5.16 Å². The van der Waals surface area contributed by atoms with Gasteiger partial charge in [0.15, 0.2) is 5.16 Å². The first-order valence-corrected chi connectivity index (χ1v) is 9.04. The van der Waals surface area contributed by atoms with E-state index in [0.717, 1.165) is 0 Å². The molecular formula is C19H18N2O4S. The number of para-hydroxylation sites is 2. The zero-order valence-electron chi connectivity index (χ0n) is 14.3. The van der Waals surface area contributed by atoms with Crippen molar-refractivity contribution >= 4 is 28.6 Å². The number of hydrogen-bond acceptors (Lipinski definition) is 6. The fraction of sp³-hybridized carbons (Fsp3) is 0.211. The van der Waals surface area contributed by atoms with Crippen LogP contribution < -0.4 is 5.56 Å². The molecule has 0 amide bonds. The van der Waals surface area contributed by atoms with Gasteiger partial charge in [-0.3, -0.25) is 14.2 Å². The Bertz CT molecular complexity index is 957. The average molecular weight is 370 g/mol. The van der Waals surface area contributed by atoms with Crippen molar-refractivity contribution in [3.05, 3.63) is 65.0 Å². The Morgan fingerprint density at radius 2 is 1.81 bits per heavy atom. The number of methoxy groups -OCH3 is 1. The molecule has 6 nitrogen and oxygen atoms in total. The van der Waals surface area contributed by atoms with Gasteiger partial charge in [0, 0.05) is 7.11 Å². The molecule has 2 aromatic carbocycles. The molecule has 0 saturated carbocycles. The summed E-state index contributed by atoms with van der Waals surface area (Å²) in [6.45, 7) is 0.548. The fourth-order valence-corrected chi connectivity index (χ4v) is 3.23. The van der Waals surface area contributed by atoms with Crippen molar-refractivity contribution in [3.63, 3.8) is 0 Å². The molecule has 0 aliphatic rings. The summed E-state index contributed by atoms with van der Waals surface area (Å²) in [5, 5.41) is 0.979. The summed E-state index contributed by atoms with van der Waals surface area (Å²) in [6.07, 6.45) is 0. The van der Waals surface area contributed by atoms with Crippen molar-refractivity contribution < 1.29 is 14.3 Å². The van der Waals surface area contributed by atoms with Gasteiger partial charge in [0.2, 0.25) is 0 Å². The van der Waals surface area contributed by atoms with Crippen molar-refractivity contribution in [3.8, 4) is 5.69 Å². The lowest BCUT2D eigenvalue weighted by atomic mass is 10.2. The smallest absolute Gasteiger partial charge is 0.316 e. The standard InChI is InChI=1S/C19H18N2O4S/c1-24-11-12-25-17(22)13-26-19-20-16-10-6-5-9-15(16)18(23)21(19)14-7-3-2-4-8-14/h2-10H,11-13H2,1H3. The summed E-state index contributed by atoms with van der Waals surface area (Å²) in [4.78, 5) is 29.4. The maximum Gasteiger partial charge on any atom is 0.316 e. The van der Waals surface area contributed by atoms with Crippen molar-refractivity contribution in [1.29, 1.82) is 0 Å². The Morgan fingerprint density at radius 3 is 2.58 bits per heavy atom. The lowest BCUT2D eigenvalue weighted by molar-refractivity contribution is -0.141. The summed E-state index contributed by atoms with van der Waals surface area (Å²) < 4.78 is 11.4. The first-order valence-electron chi connectivity index (χ1n) is 8.05.